The third-order valence-electron chi connectivity index (χ3n) is 3.26. The number of halogens is 2. The van der Waals surface area contributed by atoms with Gasteiger partial charge in [0, 0.05) is 12.2 Å². The molecule has 0 aliphatic rings. The number of carboxylic acid groups (broad SMARTS) is 1. The van der Waals surface area contributed by atoms with Gasteiger partial charge in [0.2, 0.25) is 0 Å². The van der Waals surface area contributed by atoms with Crippen LogP contribution in [0, 0.1) is 0 Å². The lowest BCUT2D eigenvalue weighted by atomic mass is 10.1. The molecule has 1 unspecified atom stereocenters. The predicted octanol–water partition coefficient (Wildman–Crippen LogP) is 4.47. The Kier molecular flexibility index (Phi) is 5.10. The van der Waals surface area contributed by atoms with Gasteiger partial charge in [-0.25, -0.2) is 4.79 Å². The minimum absolute atomic E-state index is 0.407. The second kappa shape index (κ2) is 6.83. The van der Waals surface area contributed by atoms with Gasteiger partial charge in [0.25, 0.3) is 0 Å². The van der Waals surface area contributed by atoms with Crippen LogP contribution in [0.15, 0.2) is 48.5 Å². The SMILES string of the molecule is CC(C(=O)O)N(Cc1ccccc1)c1ccc(Cl)c(Cl)c1. The van der Waals surface area contributed by atoms with Crippen molar-refractivity contribution in [3.05, 3.63) is 64.1 Å². The van der Waals surface area contributed by atoms with E-state index in [1.165, 1.54) is 0 Å². The van der Waals surface area contributed by atoms with Crippen molar-refractivity contribution in [3.63, 3.8) is 0 Å². The summed E-state index contributed by atoms with van der Waals surface area (Å²) >= 11 is 12.0. The van der Waals surface area contributed by atoms with Crippen molar-refractivity contribution < 1.29 is 9.90 Å². The highest BCUT2D eigenvalue weighted by molar-refractivity contribution is 6.42. The van der Waals surface area contributed by atoms with Crippen LogP contribution >= 0.6 is 23.2 Å². The summed E-state index contributed by atoms with van der Waals surface area (Å²) in [6.45, 7) is 2.13. The zero-order valence-corrected chi connectivity index (χ0v) is 13.0. The highest BCUT2D eigenvalue weighted by Gasteiger charge is 2.21. The van der Waals surface area contributed by atoms with E-state index in [4.69, 9.17) is 23.2 Å². The Morgan fingerprint density at radius 2 is 1.81 bits per heavy atom. The molecule has 0 fully saturated rings. The van der Waals surface area contributed by atoms with Crippen molar-refractivity contribution in [2.24, 2.45) is 0 Å². The molecule has 0 aliphatic carbocycles. The summed E-state index contributed by atoms with van der Waals surface area (Å²) in [5.74, 6) is -0.892. The molecule has 1 N–H and O–H groups in total. The molecule has 0 spiro atoms. The first-order valence-electron chi connectivity index (χ1n) is 6.47. The summed E-state index contributed by atoms with van der Waals surface area (Å²) in [4.78, 5) is 13.1. The zero-order valence-electron chi connectivity index (χ0n) is 11.5. The second-order valence-electron chi connectivity index (χ2n) is 4.73. The van der Waals surface area contributed by atoms with Crippen LogP contribution < -0.4 is 4.90 Å². The summed E-state index contributed by atoms with van der Waals surface area (Å²) < 4.78 is 0. The predicted molar refractivity (Wildman–Crippen MR) is 86.2 cm³/mol. The summed E-state index contributed by atoms with van der Waals surface area (Å²) in [6, 6.07) is 14.1. The third-order valence-corrected chi connectivity index (χ3v) is 3.99. The number of hydrogen-bond acceptors (Lipinski definition) is 2. The number of rotatable bonds is 5. The molecule has 0 aliphatic heterocycles. The Balaban J connectivity index is 2.35. The molecule has 2 aromatic rings. The first kappa shape index (κ1) is 15.7. The molecule has 2 aromatic carbocycles. The van der Waals surface area contributed by atoms with Gasteiger partial charge in [0.05, 0.1) is 10.0 Å². The summed E-state index contributed by atoms with van der Waals surface area (Å²) in [7, 11) is 0. The number of carbonyl (C=O) groups is 1. The van der Waals surface area contributed by atoms with Crippen molar-refractivity contribution >= 4 is 34.9 Å². The normalized spacial score (nSPS) is 12.0. The third kappa shape index (κ3) is 3.90. The molecule has 0 saturated carbocycles. The Morgan fingerprint density at radius 1 is 1.14 bits per heavy atom. The van der Waals surface area contributed by atoms with Crippen LogP contribution in [0.25, 0.3) is 0 Å². The maximum absolute atomic E-state index is 11.4. The lowest BCUT2D eigenvalue weighted by molar-refractivity contribution is -0.138. The molecule has 3 nitrogen and oxygen atoms in total. The fraction of sp³-hybridized carbons (Fsp3) is 0.188. The molecule has 0 radical (unpaired) electrons. The van der Waals surface area contributed by atoms with Crippen LogP contribution in [0.1, 0.15) is 12.5 Å². The topological polar surface area (TPSA) is 40.5 Å². The number of hydrogen-bond donors (Lipinski definition) is 1. The molecule has 1 atom stereocenters. The number of aliphatic carboxylic acids is 1. The highest BCUT2D eigenvalue weighted by atomic mass is 35.5. The van der Waals surface area contributed by atoms with Gasteiger partial charge >= 0.3 is 5.97 Å². The molecular formula is C16H15Cl2NO2. The quantitative estimate of drug-likeness (QED) is 0.882. The van der Waals surface area contributed by atoms with E-state index < -0.39 is 12.0 Å². The molecule has 0 saturated heterocycles. The average molecular weight is 324 g/mol. The van der Waals surface area contributed by atoms with Gasteiger partial charge in [-0.2, -0.15) is 0 Å². The molecule has 0 bridgehead atoms. The molecule has 0 aromatic heterocycles. The molecule has 2 rings (SSSR count). The van der Waals surface area contributed by atoms with Crippen LogP contribution in [-0.2, 0) is 11.3 Å². The second-order valence-corrected chi connectivity index (χ2v) is 5.54. The first-order valence-corrected chi connectivity index (χ1v) is 7.23. The van der Waals surface area contributed by atoms with E-state index in [1.54, 1.807) is 30.0 Å². The lowest BCUT2D eigenvalue weighted by Gasteiger charge is -2.29. The van der Waals surface area contributed by atoms with Gasteiger partial charge in [-0.3, -0.25) is 0 Å². The van der Waals surface area contributed by atoms with Gasteiger partial charge in [-0.15, -0.1) is 0 Å². The van der Waals surface area contributed by atoms with Crippen molar-refractivity contribution in [1.29, 1.82) is 0 Å². The van der Waals surface area contributed by atoms with Gasteiger partial charge in [-0.05, 0) is 30.7 Å². The van der Waals surface area contributed by atoms with Crippen LogP contribution in [0.3, 0.4) is 0 Å². The maximum Gasteiger partial charge on any atom is 0.326 e. The smallest absolute Gasteiger partial charge is 0.326 e. The standard InChI is InChI=1S/C16H15Cl2NO2/c1-11(16(20)21)19(10-12-5-3-2-4-6-12)13-7-8-14(17)15(18)9-13/h2-9,11H,10H2,1H3,(H,20,21). The van der Waals surface area contributed by atoms with Crippen molar-refractivity contribution in [2.75, 3.05) is 4.90 Å². The molecule has 0 amide bonds. The fourth-order valence-corrected chi connectivity index (χ4v) is 2.32. The highest BCUT2D eigenvalue weighted by Crippen LogP contribution is 2.29. The Bertz CT molecular complexity index is 631. The molecule has 5 heteroatoms. The molecule has 0 heterocycles. The average Bonchev–Trinajstić information content (AvgIpc) is 2.48. The number of benzene rings is 2. The molecule has 110 valence electrons. The lowest BCUT2D eigenvalue weighted by Crippen LogP contribution is -2.38. The Morgan fingerprint density at radius 3 is 2.38 bits per heavy atom. The van der Waals surface area contributed by atoms with Crippen molar-refractivity contribution in [2.45, 2.75) is 19.5 Å². The van der Waals surface area contributed by atoms with E-state index in [2.05, 4.69) is 0 Å². The van der Waals surface area contributed by atoms with Crippen LogP contribution in [-0.4, -0.2) is 17.1 Å². The van der Waals surface area contributed by atoms with E-state index >= 15 is 0 Å². The molecule has 21 heavy (non-hydrogen) atoms. The van der Waals surface area contributed by atoms with E-state index in [0.29, 0.717) is 16.6 Å². The van der Waals surface area contributed by atoms with E-state index in [1.807, 2.05) is 30.3 Å². The van der Waals surface area contributed by atoms with Crippen molar-refractivity contribution in [3.8, 4) is 0 Å². The first-order chi connectivity index (χ1) is 9.99. The summed E-state index contributed by atoms with van der Waals surface area (Å²) in [5.41, 5.74) is 1.75. The van der Waals surface area contributed by atoms with Gasteiger partial charge in [0.1, 0.15) is 6.04 Å². The summed E-state index contributed by atoms with van der Waals surface area (Å²) in [5, 5.41) is 10.2. The molecular weight excluding hydrogens is 309 g/mol. The maximum atomic E-state index is 11.4. The monoisotopic (exact) mass is 323 g/mol. The van der Waals surface area contributed by atoms with Crippen LogP contribution in [0.5, 0.6) is 0 Å². The minimum Gasteiger partial charge on any atom is -0.480 e. The van der Waals surface area contributed by atoms with Gasteiger partial charge in [-0.1, -0.05) is 53.5 Å². The van der Waals surface area contributed by atoms with E-state index in [0.717, 1.165) is 11.3 Å². The Hall–Kier alpha value is -1.71. The van der Waals surface area contributed by atoms with Crippen molar-refractivity contribution in [1.82, 2.24) is 0 Å². The fourth-order valence-electron chi connectivity index (χ4n) is 2.03. The minimum atomic E-state index is -0.892. The Labute approximate surface area is 133 Å². The zero-order chi connectivity index (χ0) is 15.4. The van der Waals surface area contributed by atoms with Gasteiger partial charge in [0.15, 0.2) is 0 Å². The number of carboxylic acids is 1. The number of nitrogens with zero attached hydrogens (tertiary/aromatic N) is 1. The number of anilines is 1. The summed E-state index contributed by atoms with van der Waals surface area (Å²) in [6.07, 6.45) is 0. The van der Waals surface area contributed by atoms with E-state index in [-0.39, 0.29) is 0 Å². The van der Waals surface area contributed by atoms with Gasteiger partial charge < -0.3 is 10.0 Å². The van der Waals surface area contributed by atoms with E-state index in [9.17, 15) is 9.90 Å². The largest absolute Gasteiger partial charge is 0.480 e. The van der Waals surface area contributed by atoms with Crippen LogP contribution in [0.4, 0.5) is 5.69 Å². The van der Waals surface area contributed by atoms with Crippen LogP contribution in [0.2, 0.25) is 10.0 Å².